The molecule has 0 saturated heterocycles. The molecule has 0 amide bonds. The first kappa shape index (κ1) is 30.8. The molecular formula is C18H11F17. The minimum absolute atomic E-state index is 0.168. The van der Waals surface area contributed by atoms with Gasteiger partial charge in [0, 0.05) is 6.42 Å². The Balaban J connectivity index is 3.46. The van der Waals surface area contributed by atoms with Gasteiger partial charge < -0.3 is 0 Å². The summed E-state index contributed by atoms with van der Waals surface area (Å²) in [5.74, 6) is -56.1. The highest BCUT2D eigenvalue weighted by molar-refractivity contribution is 5.47. The summed E-state index contributed by atoms with van der Waals surface area (Å²) < 4.78 is 224. The van der Waals surface area contributed by atoms with Gasteiger partial charge in [-0.05, 0) is 17.5 Å². The Hall–Kier alpha value is -2.23. The van der Waals surface area contributed by atoms with E-state index in [-0.39, 0.29) is 11.1 Å². The molecule has 17 heteroatoms. The minimum atomic E-state index is -8.61. The van der Waals surface area contributed by atoms with Crippen molar-refractivity contribution in [2.24, 2.45) is 0 Å². The maximum absolute atomic E-state index is 13.9. The van der Waals surface area contributed by atoms with Gasteiger partial charge in [0.2, 0.25) is 0 Å². The maximum Gasteiger partial charge on any atom is 0.460 e. The Morgan fingerprint density at radius 2 is 0.971 bits per heavy atom. The van der Waals surface area contributed by atoms with Gasteiger partial charge in [0.25, 0.3) is 0 Å². The lowest BCUT2D eigenvalue weighted by Gasteiger charge is -2.42. The number of hydrogen-bond donors (Lipinski definition) is 0. The number of halogens is 17. The molecule has 0 aliphatic heterocycles. The van der Waals surface area contributed by atoms with Crippen molar-refractivity contribution in [1.82, 2.24) is 0 Å². The molecule has 0 fully saturated rings. The maximum atomic E-state index is 13.9. The van der Waals surface area contributed by atoms with Crippen molar-refractivity contribution < 1.29 is 74.6 Å². The molecule has 0 saturated carbocycles. The summed E-state index contributed by atoms with van der Waals surface area (Å²) in [6.45, 7) is 3.25. The van der Waals surface area contributed by atoms with Gasteiger partial charge in [-0.2, -0.15) is 74.6 Å². The van der Waals surface area contributed by atoms with Crippen molar-refractivity contribution in [3.63, 3.8) is 0 Å². The summed E-state index contributed by atoms with van der Waals surface area (Å²) in [6, 6.07) is 4.33. The molecular weight excluding hydrogens is 539 g/mol. The van der Waals surface area contributed by atoms with Gasteiger partial charge in [-0.1, -0.05) is 36.9 Å². The number of hydrogen-bond acceptors (Lipinski definition) is 0. The van der Waals surface area contributed by atoms with Crippen LogP contribution in [-0.2, 0) is 6.42 Å². The Morgan fingerprint density at radius 1 is 0.571 bits per heavy atom. The summed E-state index contributed by atoms with van der Waals surface area (Å²) >= 11 is 0. The van der Waals surface area contributed by atoms with E-state index in [0.29, 0.717) is 0 Å². The van der Waals surface area contributed by atoms with Crippen LogP contribution in [0.2, 0.25) is 0 Å². The average molecular weight is 550 g/mol. The fourth-order valence-electron chi connectivity index (χ4n) is 2.53. The lowest BCUT2D eigenvalue weighted by atomic mass is 9.87. The van der Waals surface area contributed by atoms with E-state index >= 15 is 0 Å². The first-order valence-electron chi connectivity index (χ1n) is 8.69. The Labute approximate surface area is 184 Å². The molecule has 202 valence electrons. The predicted octanol–water partition coefficient (Wildman–Crippen LogP) is 8.27. The van der Waals surface area contributed by atoms with Gasteiger partial charge in [0.1, 0.15) is 0 Å². The van der Waals surface area contributed by atoms with E-state index in [1.165, 1.54) is 6.07 Å². The third-order valence-corrected chi connectivity index (χ3v) is 4.70. The summed E-state index contributed by atoms with van der Waals surface area (Å²) in [5, 5.41) is 0. The molecule has 0 atom stereocenters. The lowest BCUT2D eigenvalue weighted by Crippen LogP contribution is -2.74. The fraction of sp³-hybridized carbons (Fsp3) is 0.556. The molecule has 1 rings (SSSR count). The number of benzene rings is 1. The molecule has 1 aromatic carbocycles. The third kappa shape index (κ3) is 4.54. The molecule has 0 aliphatic rings. The van der Waals surface area contributed by atoms with E-state index < -0.39 is 60.5 Å². The van der Waals surface area contributed by atoms with Crippen LogP contribution in [0.15, 0.2) is 30.8 Å². The van der Waals surface area contributed by atoms with E-state index in [1.54, 1.807) is 0 Å². The van der Waals surface area contributed by atoms with E-state index in [4.69, 9.17) is 0 Å². The normalized spacial score (nSPS) is 15.3. The second kappa shape index (κ2) is 8.71. The second-order valence-corrected chi connectivity index (χ2v) is 7.10. The zero-order chi connectivity index (χ0) is 28.1. The Bertz CT molecular complexity index is 910. The van der Waals surface area contributed by atoms with E-state index in [1.807, 2.05) is 0 Å². The van der Waals surface area contributed by atoms with Crippen LogP contribution in [0.4, 0.5) is 74.6 Å². The number of alkyl halides is 17. The number of rotatable bonds is 10. The van der Waals surface area contributed by atoms with E-state index in [9.17, 15) is 74.6 Å². The molecule has 0 unspecified atom stereocenters. The van der Waals surface area contributed by atoms with Crippen LogP contribution in [0.1, 0.15) is 17.5 Å². The molecule has 0 radical (unpaired) electrons. The summed E-state index contributed by atoms with van der Waals surface area (Å²) in [5.41, 5.74) is -0.156. The molecule has 0 spiro atoms. The quantitative estimate of drug-likeness (QED) is 0.258. The highest BCUT2D eigenvalue weighted by Gasteiger charge is 2.95. The van der Waals surface area contributed by atoms with Crippen molar-refractivity contribution in [2.75, 3.05) is 0 Å². The van der Waals surface area contributed by atoms with Crippen molar-refractivity contribution in [3.05, 3.63) is 42.0 Å². The van der Waals surface area contributed by atoms with Crippen LogP contribution in [0.25, 0.3) is 6.08 Å². The Kier molecular flexibility index (Phi) is 7.66. The zero-order valence-electron chi connectivity index (χ0n) is 16.4. The van der Waals surface area contributed by atoms with Gasteiger partial charge in [-0.15, -0.1) is 0 Å². The first-order valence-corrected chi connectivity index (χ1v) is 8.69. The van der Waals surface area contributed by atoms with Crippen LogP contribution in [0, 0.1) is 0 Å². The van der Waals surface area contributed by atoms with Crippen molar-refractivity contribution in [2.45, 2.75) is 60.5 Å². The molecule has 0 N–H and O–H groups in total. The Morgan fingerprint density at radius 3 is 1.37 bits per heavy atom. The highest BCUT2D eigenvalue weighted by atomic mass is 19.4. The van der Waals surface area contributed by atoms with Crippen LogP contribution < -0.4 is 0 Å². The largest absolute Gasteiger partial charge is 0.460 e. The van der Waals surface area contributed by atoms with E-state index in [0.717, 1.165) is 24.3 Å². The van der Waals surface area contributed by atoms with Crippen LogP contribution in [0.3, 0.4) is 0 Å². The molecule has 1 aromatic rings. The van der Waals surface area contributed by atoms with Crippen molar-refractivity contribution >= 4 is 6.08 Å². The third-order valence-electron chi connectivity index (χ3n) is 4.70. The standard InChI is InChI=1S/C18H11F17/c1-2-9-4-3-5-10(8-9)6-7-11(19,20)12(21,22)13(23,24)14(25,26)15(27,28)16(29,30)17(31,32)18(33,34)35/h2-5,8H,1,6-7H2. The van der Waals surface area contributed by atoms with Crippen LogP contribution in [0.5, 0.6) is 0 Å². The van der Waals surface area contributed by atoms with Gasteiger partial charge in [-0.25, -0.2) is 0 Å². The zero-order valence-corrected chi connectivity index (χ0v) is 16.4. The summed E-state index contributed by atoms with van der Waals surface area (Å²) in [7, 11) is 0. The van der Waals surface area contributed by atoms with Crippen molar-refractivity contribution in [3.8, 4) is 0 Å². The molecule has 0 nitrogen and oxygen atoms in total. The summed E-state index contributed by atoms with van der Waals surface area (Å²) in [4.78, 5) is 0. The monoisotopic (exact) mass is 550 g/mol. The van der Waals surface area contributed by atoms with E-state index in [2.05, 4.69) is 6.58 Å². The first-order chi connectivity index (χ1) is 15.3. The van der Waals surface area contributed by atoms with Crippen LogP contribution in [-0.4, -0.2) is 47.6 Å². The number of aryl methyl sites for hydroxylation is 1. The van der Waals surface area contributed by atoms with Gasteiger partial charge >= 0.3 is 47.6 Å². The van der Waals surface area contributed by atoms with Gasteiger partial charge in [0.15, 0.2) is 0 Å². The average Bonchev–Trinajstić information content (AvgIpc) is 2.70. The van der Waals surface area contributed by atoms with Gasteiger partial charge in [0.05, 0.1) is 0 Å². The highest BCUT2D eigenvalue weighted by Crippen LogP contribution is 2.64. The van der Waals surface area contributed by atoms with Crippen molar-refractivity contribution in [1.29, 1.82) is 0 Å². The molecule has 0 heterocycles. The molecule has 0 bridgehead atoms. The van der Waals surface area contributed by atoms with Gasteiger partial charge in [-0.3, -0.25) is 0 Å². The van der Waals surface area contributed by atoms with Crippen LogP contribution >= 0.6 is 0 Å². The predicted molar refractivity (Wildman–Crippen MR) is 85.5 cm³/mol. The molecule has 35 heavy (non-hydrogen) atoms. The summed E-state index contributed by atoms with van der Waals surface area (Å²) in [6.07, 6.45) is -10.5. The second-order valence-electron chi connectivity index (χ2n) is 7.10. The minimum Gasteiger partial charge on any atom is -0.200 e. The molecule has 0 aromatic heterocycles. The molecule has 0 aliphatic carbocycles. The smallest absolute Gasteiger partial charge is 0.200 e. The fourth-order valence-corrected chi connectivity index (χ4v) is 2.53. The SMILES string of the molecule is C=Cc1cccc(CCC(F)(F)C(F)(F)C(F)(F)C(F)(F)C(F)(F)C(F)(F)C(F)(F)C(F)(F)F)c1. The lowest BCUT2D eigenvalue weighted by molar-refractivity contribution is -0.461. The topological polar surface area (TPSA) is 0 Å².